The molecule has 9 aromatic rings. The normalized spacial score (nSPS) is 12.1. The van der Waals surface area contributed by atoms with Crippen molar-refractivity contribution in [3.8, 4) is 5.75 Å². The minimum atomic E-state index is -5.97. The summed E-state index contributed by atoms with van der Waals surface area (Å²) < 4.78 is 74.8. The SMILES string of the molecule is O=S(=O)(Oc1cc(N(c2ccccc2)c2ccccc2)c2sc3ccc(N(c4ccccc4)c4ccc5sc6ccccc6c5c4)cc3c2c1)C(F)(F)F. The number of halogens is 3. The van der Waals surface area contributed by atoms with Gasteiger partial charge in [0.25, 0.3) is 0 Å². The molecule has 0 atom stereocenters. The molecule has 5 nitrogen and oxygen atoms in total. The van der Waals surface area contributed by atoms with Crippen molar-refractivity contribution in [1.29, 1.82) is 0 Å². The van der Waals surface area contributed by atoms with E-state index in [4.69, 9.17) is 4.18 Å². The Hall–Kier alpha value is -5.88. The van der Waals surface area contributed by atoms with Crippen molar-refractivity contribution in [3.63, 3.8) is 0 Å². The van der Waals surface area contributed by atoms with Gasteiger partial charge in [-0.15, -0.1) is 22.7 Å². The smallest absolute Gasteiger partial charge is 0.376 e. The minimum absolute atomic E-state index is 0.452. The average Bonchev–Trinajstić information content (AvgIpc) is 3.74. The number of benzene rings is 7. The van der Waals surface area contributed by atoms with Crippen molar-refractivity contribution in [2.45, 2.75) is 5.51 Å². The molecular weight excluding hydrogens is 746 g/mol. The fourth-order valence-corrected chi connectivity index (χ4v) is 9.51. The second-order valence-electron chi connectivity index (χ2n) is 12.5. The molecule has 266 valence electrons. The van der Waals surface area contributed by atoms with Gasteiger partial charge in [-0.2, -0.15) is 21.6 Å². The molecule has 0 saturated heterocycles. The van der Waals surface area contributed by atoms with Crippen LogP contribution in [0.2, 0.25) is 0 Å². The number of thiophene rings is 2. The topological polar surface area (TPSA) is 49.9 Å². The first kappa shape index (κ1) is 33.9. The third-order valence-corrected chi connectivity index (χ3v) is 12.5. The molecular formula is C43H27F3N2O3S3. The summed E-state index contributed by atoms with van der Waals surface area (Å²) in [7, 11) is -5.97. The Balaban J connectivity index is 1.29. The lowest BCUT2D eigenvalue weighted by Gasteiger charge is -2.26. The van der Waals surface area contributed by atoms with Gasteiger partial charge in [0.1, 0.15) is 5.75 Å². The van der Waals surface area contributed by atoms with Crippen LogP contribution in [0.25, 0.3) is 40.3 Å². The van der Waals surface area contributed by atoms with Crippen LogP contribution in [-0.4, -0.2) is 13.9 Å². The highest BCUT2D eigenvalue weighted by Gasteiger charge is 2.48. The van der Waals surface area contributed by atoms with Gasteiger partial charge in [0.15, 0.2) is 0 Å². The molecule has 0 aliphatic heterocycles. The average molecular weight is 773 g/mol. The highest BCUT2D eigenvalue weighted by molar-refractivity contribution is 7.88. The number of anilines is 6. The number of alkyl halides is 3. The van der Waals surface area contributed by atoms with Crippen molar-refractivity contribution in [1.82, 2.24) is 0 Å². The second-order valence-corrected chi connectivity index (χ2v) is 16.2. The molecule has 0 N–H and O–H groups in total. The summed E-state index contributed by atoms with van der Waals surface area (Å²) in [4.78, 5) is 4.03. The number of hydrogen-bond acceptors (Lipinski definition) is 7. The first-order chi connectivity index (χ1) is 26.1. The molecule has 9 rings (SSSR count). The van der Waals surface area contributed by atoms with E-state index < -0.39 is 21.4 Å². The molecule has 2 aromatic heterocycles. The third-order valence-electron chi connectivity index (χ3n) is 9.16. The summed E-state index contributed by atoms with van der Waals surface area (Å²) in [5.41, 5.74) is -1.04. The van der Waals surface area contributed by atoms with E-state index >= 15 is 0 Å². The number of fused-ring (bicyclic) bond motifs is 6. The maximum Gasteiger partial charge on any atom is 0.534 e. The second kappa shape index (κ2) is 13.2. The maximum atomic E-state index is 13.7. The van der Waals surface area contributed by atoms with Crippen molar-refractivity contribution < 1.29 is 25.8 Å². The van der Waals surface area contributed by atoms with E-state index in [9.17, 15) is 21.6 Å². The molecule has 0 fully saturated rings. The van der Waals surface area contributed by atoms with E-state index in [0.717, 1.165) is 48.6 Å². The predicted molar refractivity (Wildman–Crippen MR) is 217 cm³/mol. The molecule has 54 heavy (non-hydrogen) atoms. The summed E-state index contributed by atoms with van der Waals surface area (Å²) in [5.74, 6) is -0.452. The molecule has 7 aromatic carbocycles. The monoisotopic (exact) mass is 772 g/mol. The van der Waals surface area contributed by atoms with Gasteiger partial charge in [-0.1, -0.05) is 72.8 Å². The minimum Gasteiger partial charge on any atom is -0.376 e. The molecule has 2 heterocycles. The number of nitrogens with zero attached hydrogens (tertiary/aromatic N) is 2. The van der Waals surface area contributed by atoms with Crippen LogP contribution < -0.4 is 14.0 Å². The van der Waals surface area contributed by atoms with Gasteiger partial charge in [0.2, 0.25) is 0 Å². The van der Waals surface area contributed by atoms with Gasteiger partial charge in [0, 0.05) is 70.1 Å². The largest absolute Gasteiger partial charge is 0.534 e. The lowest BCUT2D eigenvalue weighted by Crippen LogP contribution is -2.28. The number of rotatable bonds is 8. The summed E-state index contributed by atoms with van der Waals surface area (Å²) in [5, 5.41) is 3.58. The fourth-order valence-electron chi connectivity index (χ4n) is 6.81. The zero-order chi connectivity index (χ0) is 37.0. The number of para-hydroxylation sites is 3. The molecule has 0 unspecified atom stereocenters. The molecule has 0 radical (unpaired) electrons. The summed E-state index contributed by atoms with van der Waals surface area (Å²) in [6, 6.07) is 52.2. The summed E-state index contributed by atoms with van der Waals surface area (Å²) >= 11 is 3.21. The van der Waals surface area contributed by atoms with E-state index in [-0.39, 0.29) is 0 Å². The Morgan fingerprint density at radius 1 is 0.463 bits per heavy atom. The van der Waals surface area contributed by atoms with Gasteiger partial charge in [0.05, 0.1) is 10.4 Å². The summed E-state index contributed by atoms with van der Waals surface area (Å²) in [6.45, 7) is 0. The zero-order valence-electron chi connectivity index (χ0n) is 28.1. The van der Waals surface area contributed by atoms with E-state index in [2.05, 4.69) is 35.2 Å². The Labute approximate surface area is 316 Å². The van der Waals surface area contributed by atoms with Gasteiger partial charge in [-0.3, -0.25) is 0 Å². The standard InChI is InChI=1S/C43H27F3N2O3S3/c44-43(45,46)54(49,50)51-33-26-37-36-25-32(47(28-12-4-1-5-13-28)31-20-22-40-35(24-31)34-18-10-11-19-39(34)52-40)21-23-41(36)53-42(37)38(27-33)48(29-14-6-2-7-15-29)30-16-8-3-9-17-30/h1-27H. The van der Waals surface area contributed by atoms with Gasteiger partial charge in [-0.25, -0.2) is 0 Å². The third kappa shape index (κ3) is 6.00. The van der Waals surface area contributed by atoms with Crippen molar-refractivity contribution in [2.75, 3.05) is 9.80 Å². The van der Waals surface area contributed by atoms with Gasteiger partial charge in [-0.05, 0) is 84.9 Å². The van der Waals surface area contributed by atoms with Crippen molar-refractivity contribution in [3.05, 3.63) is 164 Å². The Kier molecular flexibility index (Phi) is 8.30. The highest BCUT2D eigenvalue weighted by atomic mass is 32.2. The molecule has 0 aliphatic carbocycles. The van der Waals surface area contributed by atoms with Crippen LogP contribution in [0, 0.1) is 0 Å². The molecule has 0 saturated carbocycles. The quantitative estimate of drug-likeness (QED) is 0.114. The van der Waals surface area contributed by atoms with Crippen LogP contribution in [0.15, 0.2) is 164 Å². The number of hydrogen-bond donors (Lipinski definition) is 0. The molecule has 0 amide bonds. The van der Waals surface area contributed by atoms with Crippen LogP contribution in [0.5, 0.6) is 5.75 Å². The first-order valence-electron chi connectivity index (χ1n) is 16.8. The van der Waals surface area contributed by atoms with E-state index in [1.807, 2.05) is 126 Å². The van der Waals surface area contributed by atoms with Crippen molar-refractivity contribution >= 4 is 107 Å². The molecule has 0 spiro atoms. The van der Waals surface area contributed by atoms with E-state index in [1.54, 1.807) is 11.3 Å². The summed E-state index contributed by atoms with van der Waals surface area (Å²) in [6.07, 6.45) is 0. The predicted octanol–water partition coefficient (Wildman–Crippen LogP) is 13.6. The Bertz CT molecular complexity index is 2890. The molecule has 0 aliphatic rings. The maximum absolute atomic E-state index is 13.7. The van der Waals surface area contributed by atoms with Crippen molar-refractivity contribution in [2.24, 2.45) is 0 Å². The van der Waals surface area contributed by atoms with Gasteiger partial charge >= 0.3 is 15.6 Å². The van der Waals surface area contributed by atoms with Crippen LogP contribution in [0.1, 0.15) is 0 Å². The van der Waals surface area contributed by atoms with E-state index in [1.165, 1.54) is 38.3 Å². The Morgan fingerprint density at radius 3 is 1.52 bits per heavy atom. The molecule has 11 heteroatoms. The van der Waals surface area contributed by atoms with E-state index in [0.29, 0.717) is 11.1 Å². The van der Waals surface area contributed by atoms with Crippen LogP contribution in [0.4, 0.5) is 47.3 Å². The molecule has 0 bridgehead atoms. The Morgan fingerprint density at radius 2 is 0.944 bits per heavy atom. The van der Waals surface area contributed by atoms with Gasteiger partial charge < -0.3 is 14.0 Å². The van der Waals surface area contributed by atoms with Crippen LogP contribution >= 0.6 is 22.7 Å². The first-order valence-corrected chi connectivity index (χ1v) is 19.9. The van der Waals surface area contributed by atoms with Crippen LogP contribution in [0.3, 0.4) is 0 Å². The fraction of sp³-hybridized carbons (Fsp3) is 0.0233. The van der Waals surface area contributed by atoms with Crippen LogP contribution in [-0.2, 0) is 10.1 Å². The lowest BCUT2D eigenvalue weighted by atomic mass is 10.1. The lowest BCUT2D eigenvalue weighted by molar-refractivity contribution is -0.0500. The highest BCUT2D eigenvalue weighted by Crippen LogP contribution is 2.49. The zero-order valence-corrected chi connectivity index (χ0v) is 30.5.